The van der Waals surface area contributed by atoms with Crippen LogP contribution in [0, 0.1) is 5.92 Å². The van der Waals surface area contributed by atoms with Crippen LogP contribution in [0.25, 0.3) is 16.5 Å². The highest BCUT2D eigenvalue weighted by molar-refractivity contribution is 5.99. The van der Waals surface area contributed by atoms with E-state index in [1.165, 1.54) is 33.2 Å². The predicted molar refractivity (Wildman–Crippen MR) is 126 cm³/mol. The number of nitrogens with one attached hydrogen (secondary N) is 1. The third kappa shape index (κ3) is 3.23. The number of carbonyl (C=O) groups excluding carboxylic acids is 1. The van der Waals surface area contributed by atoms with Gasteiger partial charge in [0, 0.05) is 49.3 Å². The largest absolute Gasteiger partial charge is 0.497 e. The molecule has 0 radical (unpaired) electrons. The SMILES string of the molecule is COc1cccc(CN2C[C@H](C(=O)N3CCCC3)C=C3c4cccc5[nH]cc(c45)C[C@H]32)c1. The van der Waals surface area contributed by atoms with Crippen LogP contribution >= 0.6 is 0 Å². The Bertz CT molecular complexity index is 1200. The maximum absolute atomic E-state index is 13.4. The third-order valence-corrected chi connectivity index (χ3v) is 7.38. The smallest absolute Gasteiger partial charge is 0.230 e. The molecule has 1 amide bonds. The van der Waals surface area contributed by atoms with Gasteiger partial charge in [0.05, 0.1) is 13.0 Å². The number of carbonyl (C=O) groups is 1. The standard InChI is InChI=1S/C27H29N3O2/c1-32-21-7-4-6-18(12-21)16-30-17-20(27(31)29-10-2-3-11-29)13-23-22-8-5-9-24-26(22)19(15-28-24)14-25(23)30/h4-9,12-13,15,20,25,28H,2-3,10-11,14,16-17H2,1H3/t20-,25-/m1/s1. The Morgan fingerprint density at radius 3 is 2.84 bits per heavy atom. The molecule has 1 N–H and O–H groups in total. The van der Waals surface area contributed by atoms with Crippen LogP contribution in [0.3, 0.4) is 0 Å². The van der Waals surface area contributed by atoms with Gasteiger partial charge in [-0.3, -0.25) is 9.69 Å². The average molecular weight is 428 g/mol. The fourth-order valence-corrected chi connectivity index (χ4v) is 5.83. The molecule has 164 valence electrons. The van der Waals surface area contributed by atoms with Crippen molar-refractivity contribution in [3.63, 3.8) is 0 Å². The minimum Gasteiger partial charge on any atom is -0.497 e. The summed E-state index contributed by atoms with van der Waals surface area (Å²) in [6, 6.07) is 15.1. The van der Waals surface area contributed by atoms with Crippen molar-refractivity contribution in [1.82, 2.24) is 14.8 Å². The lowest BCUT2D eigenvalue weighted by Crippen LogP contribution is -2.48. The van der Waals surface area contributed by atoms with Gasteiger partial charge in [-0.2, -0.15) is 0 Å². The Kier molecular flexibility index (Phi) is 4.80. The van der Waals surface area contributed by atoms with Gasteiger partial charge in [0.25, 0.3) is 0 Å². The second-order valence-electron chi connectivity index (χ2n) is 9.30. The fraction of sp³-hybridized carbons (Fsp3) is 0.370. The van der Waals surface area contributed by atoms with Crippen LogP contribution in [0.15, 0.2) is 54.7 Å². The number of nitrogens with zero attached hydrogens (tertiary/aromatic N) is 2. The number of H-pyrrole nitrogens is 1. The van der Waals surface area contributed by atoms with E-state index >= 15 is 0 Å². The monoisotopic (exact) mass is 427 g/mol. The van der Waals surface area contributed by atoms with Crippen molar-refractivity contribution in [2.45, 2.75) is 31.8 Å². The molecule has 1 aliphatic carbocycles. The molecule has 0 unspecified atom stereocenters. The highest BCUT2D eigenvalue weighted by Crippen LogP contribution is 2.42. The molecule has 0 saturated carbocycles. The number of aromatic nitrogens is 1. The summed E-state index contributed by atoms with van der Waals surface area (Å²) in [7, 11) is 1.71. The number of hydrogen-bond donors (Lipinski definition) is 1. The summed E-state index contributed by atoms with van der Waals surface area (Å²) in [6.45, 7) is 3.36. The molecule has 2 atom stereocenters. The highest BCUT2D eigenvalue weighted by Gasteiger charge is 2.38. The Morgan fingerprint density at radius 1 is 1.16 bits per heavy atom. The molecule has 1 fully saturated rings. The normalized spacial score (nSPS) is 22.7. The molecule has 1 aromatic heterocycles. The molecule has 5 heteroatoms. The Labute approximate surface area is 188 Å². The van der Waals surface area contributed by atoms with E-state index in [0.717, 1.165) is 51.2 Å². The molecule has 5 nitrogen and oxygen atoms in total. The molecule has 1 saturated heterocycles. The van der Waals surface area contributed by atoms with Crippen molar-refractivity contribution < 1.29 is 9.53 Å². The highest BCUT2D eigenvalue weighted by atomic mass is 16.5. The first kappa shape index (κ1) is 19.6. The van der Waals surface area contributed by atoms with E-state index in [1.54, 1.807) is 7.11 Å². The van der Waals surface area contributed by atoms with E-state index in [2.05, 4.69) is 57.4 Å². The van der Waals surface area contributed by atoms with Gasteiger partial charge in [-0.15, -0.1) is 0 Å². The van der Waals surface area contributed by atoms with Crippen LogP contribution in [-0.4, -0.2) is 53.5 Å². The van der Waals surface area contributed by atoms with E-state index in [4.69, 9.17) is 4.74 Å². The number of methoxy groups -OCH3 is 1. The molecule has 3 aliphatic rings. The first-order valence-corrected chi connectivity index (χ1v) is 11.7. The van der Waals surface area contributed by atoms with E-state index in [1.807, 2.05) is 12.1 Å². The lowest BCUT2D eigenvalue weighted by Gasteiger charge is -2.42. The minimum absolute atomic E-state index is 0.0966. The topological polar surface area (TPSA) is 48.6 Å². The molecule has 32 heavy (non-hydrogen) atoms. The van der Waals surface area contributed by atoms with Gasteiger partial charge < -0.3 is 14.6 Å². The third-order valence-electron chi connectivity index (χ3n) is 7.38. The first-order chi connectivity index (χ1) is 15.7. The molecule has 6 rings (SSSR count). The molecule has 0 spiro atoms. The summed E-state index contributed by atoms with van der Waals surface area (Å²) in [5.74, 6) is 1.07. The number of hydrogen-bond acceptors (Lipinski definition) is 3. The second kappa shape index (κ2) is 7.82. The van der Waals surface area contributed by atoms with Crippen LogP contribution in [-0.2, 0) is 17.8 Å². The van der Waals surface area contributed by atoms with E-state index in [9.17, 15) is 4.79 Å². The van der Waals surface area contributed by atoms with Crippen molar-refractivity contribution in [2.24, 2.45) is 5.92 Å². The zero-order valence-corrected chi connectivity index (χ0v) is 18.5. The van der Waals surface area contributed by atoms with Gasteiger partial charge >= 0.3 is 0 Å². The first-order valence-electron chi connectivity index (χ1n) is 11.7. The van der Waals surface area contributed by atoms with E-state index < -0.39 is 0 Å². The lowest BCUT2D eigenvalue weighted by atomic mass is 9.79. The lowest BCUT2D eigenvalue weighted by molar-refractivity contribution is -0.133. The summed E-state index contributed by atoms with van der Waals surface area (Å²) in [4.78, 5) is 21.5. The van der Waals surface area contributed by atoms with Gasteiger partial charge in [0.2, 0.25) is 5.91 Å². The summed E-state index contributed by atoms with van der Waals surface area (Å²) >= 11 is 0. The van der Waals surface area contributed by atoms with Crippen LogP contribution in [0.1, 0.15) is 29.5 Å². The van der Waals surface area contributed by atoms with Crippen LogP contribution in [0.5, 0.6) is 5.75 Å². The molecule has 3 aromatic rings. The summed E-state index contributed by atoms with van der Waals surface area (Å²) in [5.41, 5.74) is 6.37. The van der Waals surface area contributed by atoms with E-state index in [-0.39, 0.29) is 17.9 Å². The van der Waals surface area contributed by atoms with Crippen molar-refractivity contribution in [3.05, 3.63) is 71.4 Å². The maximum atomic E-state index is 13.4. The number of benzene rings is 2. The second-order valence-corrected chi connectivity index (χ2v) is 9.30. The Balaban J connectivity index is 1.41. The Hall–Kier alpha value is -3.05. The molecular weight excluding hydrogens is 398 g/mol. The zero-order valence-electron chi connectivity index (χ0n) is 18.5. The average Bonchev–Trinajstić information content (AvgIpc) is 3.51. The van der Waals surface area contributed by atoms with Gasteiger partial charge in [0.15, 0.2) is 0 Å². The van der Waals surface area contributed by atoms with Crippen LogP contribution in [0.2, 0.25) is 0 Å². The number of ether oxygens (including phenoxy) is 1. The molecule has 2 aliphatic heterocycles. The van der Waals surface area contributed by atoms with Crippen LogP contribution in [0.4, 0.5) is 0 Å². The van der Waals surface area contributed by atoms with Crippen molar-refractivity contribution in [2.75, 3.05) is 26.7 Å². The predicted octanol–water partition coefficient (Wildman–Crippen LogP) is 4.24. The summed E-state index contributed by atoms with van der Waals surface area (Å²) < 4.78 is 5.46. The molecule has 0 bridgehead atoms. The summed E-state index contributed by atoms with van der Waals surface area (Å²) in [6.07, 6.45) is 7.67. The minimum atomic E-state index is -0.0966. The van der Waals surface area contributed by atoms with Gasteiger partial charge in [-0.1, -0.05) is 30.3 Å². The Morgan fingerprint density at radius 2 is 2.00 bits per heavy atom. The van der Waals surface area contributed by atoms with Crippen molar-refractivity contribution in [1.29, 1.82) is 0 Å². The van der Waals surface area contributed by atoms with E-state index in [0.29, 0.717) is 0 Å². The number of likely N-dealkylation sites (tertiary alicyclic amines) is 1. The van der Waals surface area contributed by atoms with Crippen molar-refractivity contribution in [3.8, 4) is 5.75 Å². The van der Waals surface area contributed by atoms with Crippen molar-refractivity contribution >= 4 is 22.4 Å². The quantitative estimate of drug-likeness (QED) is 0.678. The number of fused-ring (bicyclic) bond motifs is 2. The summed E-state index contributed by atoms with van der Waals surface area (Å²) in [5, 5.41) is 1.32. The number of rotatable bonds is 4. The van der Waals surface area contributed by atoms with Gasteiger partial charge in [0.1, 0.15) is 5.75 Å². The molecule has 3 heterocycles. The van der Waals surface area contributed by atoms with Crippen LogP contribution < -0.4 is 4.74 Å². The number of amides is 1. The molecular formula is C27H29N3O2. The zero-order chi connectivity index (χ0) is 21.7. The fourth-order valence-electron chi connectivity index (χ4n) is 5.83. The molecule has 2 aromatic carbocycles. The van der Waals surface area contributed by atoms with Gasteiger partial charge in [-0.05, 0) is 59.7 Å². The number of aromatic amines is 1. The maximum Gasteiger partial charge on any atom is 0.230 e. The van der Waals surface area contributed by atoms with Gasteiger partial charge in [-0.25, -0.2) is 0 Å².